The van der Waals surface area contributed by atoms with E-state index in [1.165, 1.54) is 23.5 Å². The molecule has 0 bridgehead atoms. The van der Waals surface area contributed by atoms with Crippen LogP contribution in [0, 0.1) is 5.82 Å². The minimum atomic E-state index is -0.377. The van der Waals surface area contributed by atoms with Gasteiger partial charge in [0.25, 0.3) is 5.91 Å². The molecule has 0 saturated heterocycles. The first kappa shape index (κ1) is 11.7. The normalized spacial score (nSPS) is 10.6. The SMILES string of the molecule is O=C(Nc1nccs1)c1ccc2ccc(F)cc2n1. The number of fused-ring (bicyclic) bond motifs is 1. The predicted octanol–water partition coefficient (Wildman–Crippen LogP) is 3.08. The lowest BCUT2D eigenvalue weighted by Gasteiger charge is -2.03. The molecule has 0 fully saturated rings. The van der Waals surface area contributed by atoms with E-state index in [0.29, 0.717) is 10.6 Å². The van der Waals surface area contributed by atoms with Crippen molar-refractivity contribution in [3.05, 3.63) is 53.4 Å². The number of carbonyl (C=O) groups excluding carboxylic acids is 1. The van der Waals surface area contributed by atoms with Crippen molar-refractivity contribution in [2.24, 2.45) is 0 Å². The van der Waals surface area contributed by atoms with E-state index in [1.807, 2.05) is 0 Å². The van der Waals surface area contributed by atoms with Gasteiger partial charge in [0.1, 0.15) is 11.5 Å². The fourth-order valence-electron chi connectivity index (χ4n) is 1.66. The summed E-state index contributed by atoms with van der Waals surface area (Å²) in [4.78, 5) is 20.0. The van der Waals surface area contributed by atoms with Gasteiger partial charge in [-0.25, -0.2) is 14.4 Å². The number of hydrogen-bond donors (Lipinski definition) is 1. The molecule has 0 aliphatic carbocycles. The number of anilines is 1. The number of pyridine rings is 1. The van der Waals surface area contributed by atoms with Crippen LogP contribution in [0.3, 0.4) is 0 Å². The highest BCUT2D eigenvalue weighted by atomic mass is 32.1. The van der Waals surface area contributed by atoms with Gasteiger partial charge in [-0.1, -0.05) is 6.07 Å². The molecule has 94 valence electrons. The number of aromatic nitrogens is 2. The van der Waals surface area contributed by atoms with Gasteiger partial charge in [0.15, 0.2) is 5.13 Å². The van der Waals surface area contributed by atoms with Crippen LogP contribution in [0.2, 0.25) is 0 Å². The van der Waals surface area contributed by atoms with Crippen LogP contribution in [0.1, 0.15) is 10.5 Å². The molecule has 1 amide bonds. The smallest absolute Gasteiger partial charge is 0.276 e. The van der Waals surface area contributed by atoms with Gasteiger partial charge >= 0.3 is 0 Å². The van der Waals surface area contributed by atoms with E-state index in [2.05, 4.69) is 15.3 Å². The molecule has 4 nitrogen and oxygen atoms in total. The maximum Gasteiger partial charge on any atom is 0.276 e. The zero-order valence-electron chi connectivity index (χ0n) is 9.63. The number of thiazole rings is 1. The molecular formula is C13H8FN3OS. The molecule has 2 aromatic heterocycles. The van der Waals surface area contributed by atoms with Crippen LogP contribution in [0.5, 0.6) is 0 Å². The van der Waals surface area contributed by atoms with Crippen molar-refractivity contribution >= 4 is 33.3 Å². The van der Waals surface area contributed by atoms with Gasteiger partial charge in [0, 0.05) is 23.0 Å². The lowest BCUT2D eigenvalue weighted by atomic mass is 10.2. The summed E-state index contributed by atoms with van der Waals surface area (Å²) < 4.78 is 13.1. The number of amides is 1. The summed E-state index contributed by atoms with van der Waals surface area (Å²) in [7, 11) is 0. The first-order valence-electron chi connectivity index (χ1n) is 5.49. The molecule has 0 unspecified atom stereocenters. The standard InChI is InChI=1S/C13H8FN3OS/c14-9-3-1-8-2-4-10(16-11(8)7-9)12(18)17-13-15-5-6-19-13/h1-7H,(H,15,17,18). The molecule has 3 aromatic rings. The highest BCUT2D eigenvalue weighted by Crippen LogP contribution is 2.16. The summed E-state index contributed by atoms with van der Waals surface area (Å²) in [5, 5.41) is 5.68. The summed E-state index contributed by atoms with van der Waals surface area (Å²) in [5.74, 6) is -0.737. The maximum absolute atomic E-state index is 13.1. The van der Waals surface area contributed by atoms with Crippen LogP contribution >= 0.6 is 11.3 Å². The minimum Gasteiger partial charge on any atom is -0.296 e. The van der Waals surface area contributed by atoms with Gasteiger partial charge in [-0.2, -0.15) is 0 Å². The highest BCUT2D eigenvalue weighted by molar-refractivity contribution is 7.13. The number of benzene rings is 1. The van der Waals surface area contributed by atoms with Crippen LogP contribution in [0.25, 0.3) is 10.9 Å². The molecule has 3 rings (SSSR count). The fraction of sp³-hybridized carbons (Fsp3) is 0. The highest BCUT2D eigenvalue weighted by Gasteiger charge is 2.10. The molecular weight excluding hydrogens is 265 g/mol. The van der Waals surface area contributed by atoms with E-state index < -0.39 is 0 Å². The largest absolute Gasteiger partial charge is 0.296 e. The Morgan fingerprint density at radius 2 is 2.11 bits per heavy atom. The van der Waals surface area contributed by atoms with Gasteiger partial charge in [-0.15, -0.1) is 11.3 Å². The Bertz CT molecular complexity index is 743. The lowest BCUT2D eigenvalue weighted by molar-refractivity contribution is 0.102. The van der Waals surface area contributed by atoms with E-state index >= 15 is 0 Å². The Labute approximate surface area is 111 Å². The Morgan fingerprint density at radius 3 is 2.89 bits per heavy atom. The van der Waals surface area contributed by atoms with Crippen LogP contribution in [-0.4, -0.2) is 15.9 Å². The van der Waals surface area contributed by atoms with Gasteiger partial charge in [0.05, 0.1) is 5.52 Å². The topological polar surface area (TPSA) is 54.9 Å². The van der Waals surface area contributed by atoms with E-state index in [4.69, 9.17) is 0 Å². The lowest BCUT2D eigenvalue weighted by Crippen LogP contribution is -2.13. The summed E-state index contributed by atoms with van der Waals surface area (Å²) in [6.45, 7) is 0. The molecule has 0 saturated carbocycles. The number of nitrogens with one attached hydrogen (secondary N) is 1. The number of halogens is 1. The third-order valence-electron chi connectivity index (χ3n) is 2.54. The Kier molecular flexibility index (Phi) is 2.92. The number of hydrogen-bond acceptors (Lipinski definition) is 4. The Hall–Kier alpha value is -2.34. The molecule has 1 aromatic carbocycles. The molecule has 0 aliphatic rings. The summed E-state index contributed by atoms with van der Waals surface area (Å²) >= 11 is 1.32. The molecule has 0 spiro atoms. The van der Waals surface area contributed by atoms with Crippen LogP contribution < -0.4 is 5.32 Å². The van der Waals surface area contributed by atoms with Gasteiger partial charge in [-0.05, 0) is 18.2 Å². The van der Waals surface area contributed by atoms with Crippen molar-refractivity contribution in [3.63, 3.8) is 0 Å². The van der Waals surface area contributed by atoms with Crippen molar-refractivity contribution in [3.8, 4) is 0 Å². The zero-order valence-corrected chi connectivity index (χ0v) is 10.4. The molecule has 2 heterocycles. The molecule has 1 N–H and O–H groups in total. The molecule has 0 radical (unpaired) electrons. The predicted molar refractivity (Wildman–Crippen MR) is 71.8 cm³/mol. The van der Waals surface area contributed by atoms with E-state index in [1.54, 1.807) is 29.8 Å². The maximum atomic E-state index is 13.1. The first-order valence-corrected chi connectivity index (χ1v) is 6.37. The van der Waals surface area contributed by atoms with Crippen molar-refractivity contribution in [2.75, 3.05) is 5.32 Å². The van der Waals surface area contributed by atoms with Crippen LogP contribution in [0.15, 0.2) is 41.9 Å². The van der Waals surface area contributed by atoms with Crippen LogP contribution in [-0.2, 0) is 0 Å². The van der Waals surface area contributed by atoms with Crippen molar-refractivity contribution in [2.45, 2.75) is 0 Å². The first-order chi connectivity index (χ1) is 9.22. The van der Waals surface area contributed by atoms with Crippen molar-refractivity contribution in [1.29, 1.82) is 0 Å². The third kappa shape index (κ3) is 2.43. The monoisotopic (exact) mass is 273 g/mol. The van der Waals surface area contributed by atoms with Crippen molar-refractivity contribution in [1.82, 2.24) is 9.97 Å². The van der Waals surface area contributed by atoms with E-state index in [-0.39, 0.29) is 17.4 Å². The summed E-state index contributed by atoms with van der Waals surface area (Å²) in [6, 6.07) is 7.62. The molecule has 6 heteroatoms. The van der Waals surface area contributed by atoms with Crippen LogP contribution in [0.4, 0.5) is 9.52 Å². The van der Waals surface area contributed by atoms with Gasteiger partial charge in [0.2, 0.25) is 0 Å². The van der Waals surface area contributed by atoms with Gasteiger partial charge < -0.3 is 0 Å². The van der Waals surface area contributed by atoms with Crippen molar-refractivity contribution < 1.29 is 9.18 Å². The molecule has 0 aliphatic heterocycles. The second-order valence-corrected chi connectivity index (χ2v) is 4.72. The second-order valence-electron chi connectivity index (χ2n) is 3.82. The minimum absolute atomic E-state index is 0.230. The number of nitrogens with zero attached hydrogens (tertiary/aromatic N) is 2. The fourth-order valence-corrected chi connectivity index (χ4v) is 2.19. The number of rotatable bonds is 2. The summed E-state index contributed by atoms with van der Waals surface area (Å²) in [6.07, 6.45) is 1.60. The molecule has 0 atom stereocenters. The average molecular weight is 273 g/mol. The number of carbonyl (C=O) groups is 1. The van der Waals surface area contributed by atoms with E-state index in [9.17, 15) is 9.18 Å². The van der Waals surface area contributed by atoms with Gasteiger partial charge in [-0.3, -0.25) is 10.1 Å². The van der Waals surface area contributed by atoms with E-state index in [0.717, 1.165) is 5.39 Å². The quantitative estimate of drug-likeness (QED) is 0.780. The average Bonchev–Trinajstić information content (AvgIpc) is 2.90. The molecule has 19 heavy (non-hydrogen) atoms. The second kappa shape index (κ2) is 4.74. The Morgan fingerprint density at radius 1 is 1.26 bits per heavy atom. The third-order valence-corrected chi connectivity index (χ3v) is 3.23. The Balaban J connectivity index is 1.94. The summed E-state index contributed by atoms with van der Waals surface area (Å²) in [5.41, 5.74) is 0.681. The zero-order chi connectivity index (χ0) is 13.2.